The van der Waals surface area contributed by atoms with Crippen LogP contribution < -0.4 is 14.8 Å². The molecule has 2 aromatic heterocycles. The van der Waals surface area contributed by atoms with Crippen LogP contribution in [-0.2, 0) is 6.54 Å². The van der Waals surface area contributed by atoms with Gasteiger partial charge in [-0.25, -0.2) is 14.8 Å². The third kappa shape index (κ3) is 2.41. The fourth-order valence-electron chi connectivity index (χ4n) is 2.65. The molecule has 3 aromatic rings. The van der Waals surface area contributed by atoms with Crippen LogP contribution in [0.3, 0.4) is 0 Å². The molecule has 1 aliphatic heterocycles. The van der Waals surface area contributed by atoms with Crippen molar-refractivity contribution >= 4 is 33.3 Å². The molecule has 0 fully saturated rings. The number of fused-ring (bicyclic) bond motifs is 2. The molecule has 0 bridgehead atoms. The second-order valence-electron chi connectivity index (χ2n) is 5.30. The third-order valence-electron chi connectivity index (χ3n) is 3.82. The van der Waals surface area contributed by atoms with E-state index in [4.69, 9.17) is 9.47 Å². The number of hydrogen-bond donors (Lipinski definition) is 2. The Balaban J connectivity index is 1.64. The van der Waals surface area contributed by atoms with Gasteiger partial charge in [0.05, 0.1) is 5.39 Å². The Labute approximate surface area is 140 Å². The molecule has 2 N–H and O–H groups in total. The average molecular weight is 343 g/mol. The van der Waals surface area contributed by atoms with Crippen LogP contribution in [0, 0.1) is 6.92 Å². The highest BCUT2D eigenvalue weighted by Crippen LogP contribution is 2.35. The Hall–Kier alpha value is -2.87. The molecule has 0 amide bonds. The van der Waals surface area contributed by atoms with E-state index >= 15 is 0 Å². The maximum atomic E-state index is 11.3. The van der Waals surface area contributed by atoms with Gasteiger partial charge in [0.25, 0.3) is 0 Å². The number of benzene rings is 1. The fraction of sp³-hybridized carbons (Fsp3) is 0.188. The Kier molecular flexibility index (Phi) is 3.46. The van der Waals surface area contributed by atoms with Gasteiger partial charge in [-0.05, 0) is 30.2 Å². The maximum absolute atomic E-state index is 11.3. The number of anilines is 1. The van der Waals surface area contributed by atoms with E-state index in [-0.39, 0.29) is 11.7 Å². The number of nitrogens with one attached hydrogen (secondary N) is 1. The number of nitrogens with zero attached hydrogens (tertiary/aromatic N) is 2. The normalized spacial score (nSPS) is 12.5. The molecule has 0 unspecified atom stereocenters. The lowest BCUT2D eigenvalue weighted by molar-refractivity contribution is 0.0701. The van der Waals surface area contributed by atoms with Crippen LogP contribution >= 0.6 is 11.3 Å². The number of carboxylic acid groups (broad SMARTS) is 1. The zero-order valence-electron chi connectivity index (χ0n) is 12.7. The van der Waals surface area contributed by atoms with Gasteiger partial charge in [0.2, 0.25) is 6.79 Å². The zero-order chi connectivity index (χ0) is 16.7. The molecular weight excluding hydrogens is 330 g/mol. The van der Waals surface area contributed by atoms with Crippen LogP contribution in [0.2, 0.25) is 0 Å². The quantitative estimate of drug-likeness (QED) is 0.752. The van der Waals surface area contributed by atoms with Gasteiger partial charge in [-0.3, -0.25) is 0 Å². The molecular formula is C16H13N3O4S. The van der Waals surface area contributed by atoms with Gasteiger partial charge in [0.15, 0.2) is 11.5 Å². The van der Waals surface area contributed by atoms with Crippen molar-refractivity contribution < 1.29 is 19.4 Å². The number of carbonyl (C=O) groups is 1. The van der Waals surface area contributed by atoms with Crippen molar-refractivity contribution in [3.63, 3.8) is 0 Å². The van der Waals surface area contributed by atoms with E-state index in [1.54, 1.807) is 6.92 Å². The molecule has 0 spiro atoms. The average Bonchev–Trinajstić information content (AvgIpc) is 3.17. The number of carboxylic acids is 1. The van der Waals surface area contributed by atoms with Gasteiger partial charge >= 0.3 is 5.97 Å². The monoisotopic (exact) mass is 343 g/mol. The second kappa shape index (κ2) is 5.64. The largest absolute Gasteiger partial charge is 0.477 e. The van der Waals surface area contributed by atoms with Crippen molar-refractivity contribution in [2.45, 2.75) is 13.5 Å². The van der Waals surface area contributed by atoms with Crippen LogP contribution in [0.25, 0.3) is 10.2 Å². The highest BCUT2D eigenvalue weighted by atomic mass is 32.1. The lowest BCUT2D eigenvalue weighted by Gasteiger charge is -2.08. The van der Waals surface area contributed by atoms with Gasteiger partial charge in [0, 0.05) is 6.54 Å². The minimum absolute atomic E-state index is 0.241. The van der Waals surface area contributed by atoms with Crippen LogP contribution in [-0.4, -0.2) is 27.8 Å². The molecule has 0 saturated carbocycles. The summed E-state index contributed by atoms with van der Waals surface area (Å²) in [6.07, 6.45) is 1.44. The van der Waals surface area contributed by atoms with E-state index in [9.17, 15) is 9.90 Å². The summed E-state index contributed by atoms with van der Waals surface area (Å²) >= 11 is 1.16. The first-order chi connectivity index (χ1) is 11.6. The standard InChI is InChI=1S/C16H13N3O4S/c1-8-12-14(18-6-19-15(12)24-13(8)16(20)21)17-5-9-2-3-10-11(4-9)23-7-22-10/h2-4,6H,5,7H2,1H3,(H,20,21)(H,17,18,19). The van der Waals surface area contributed by atoms with Crippen molar-refractivity contribution in [2.75, 3.05) is 12.1 Å². The van der Waals surface area contributed by atoms with Crippen LogP contribution in [0.4, 0.5) is 5.82 Å². The van der Waals surface area contributed by atoms with Gasteiger partial charge in [-0.15, -0.1) is 11.3 Å². The Bertz CT molecular complexity index is 954. The summed E-state index contributed by atoms with van der Waals surface area (Å²) in [5.74, 6) is 1.14. The van der Waals surface area contributed by atoms with Crippen molar-refractivity contribution in [1.29, 1.82) is 0 Å². The summed E-state index contributed by atoms with van der Waals surface area (Å²) in [5, 5.41) is 13.3. The van der Waals surface area contributed by atoms with E-state index in [1.807, 2.05) is 18.2 Å². The minimum Gasteiger partial charge on any atom is -0.477 e. The van der Waals surface area contributed by atoms with Gasteiger partial charge in [0.1, 0.15) is 21.9 Å². The molecule has 0 atom stereocenters. The van der Waals surface area contributed by atoms with Gasteiger partial charge in [-0.2, -0.15) is 0 Å². The fourth-order valence-corrected chi connectivity index (χ4v) is 3.63. The maximum Gasteiger partial charge on any atom is 0.346 e. The number of thiophene rings is 1. The van der Waals surface area contributed by atoms with E-state index in [0.717, 1.165) is 33.8 Å². The summed E-state index contributed by atoms with van der Waals surface area (Å²) in [4.78, 5) is 20.7. The molecule has 1 aromatic carbocycles. The molecule has 24 heavy (non-hydrogen) atoms. The lowest BCUT2D eigenvalue weighted by Crippen LogP contribution is -2.02. The number of rotatable bonds is 4. The number of ether oxygens (including phenoxy) is 2. The van der Waals surface area contributed by atoms with Crippen molar-refractivity contribution in [2.24, 2.45) is 0 Å². The molecule has 122 valence electrons. The summed E-state index contributed by atoms with van der Waals surface area (Å²) in [5.41, 5.74) is 1.69. The predicted octanol–water partition coefficient (Wildman–Crippen LogP) is 3.04. The first kappa shape index (κ1) is 14.7. The Morgan fingerprint density at radius 1 is 1.33 bits per heavy atom. The van der Waals surface area contributed by atoms with E-state index in [2.05, 4.69) is 15.3 Å². The number of aromatic carboxylic acids is 1. The summed E-state index contributed by atoms with van der Waals surface area (Å²) < 4.78 is 10.7. The number of aryl methyl sites for hydroxylation is 1. The third-order valence-corrected chi connectivity index (χ3v) is 5.01. The molecule has 4 rings (SSSR count). The Morgan fingerprint density at radius 2 is 2.17 bits per heavy atom. The van der Waals surface area contributed by atoms with Crippen LogP contribution in [0.1, 0.15) is 20.8 Å². The molecule has 1 aliphatic rings. The highest BCUT2D eigenvalue weighted by Gasteiger charge is 2.19. The molecule has 3 heterocycles. The Morgan fingerprint density at radius 3 is 3.00 bits per heavy atom. The van der Waals surface area contributed by atoms with E-state index in [0.29, 0.717) is 22.8 Å². The summed E-state index contributed by atoms with van der Waals surface area (Å²) in [6.45, 7) is 2.54. The topological polar surface area (TPSA) is 93.6 Å². The molecule has 8 heteroatoms. The summed E-state index contributed by atoms with van der Waals surface area (Å²) in [6, 6.07) is 5.73. The van der Waals surface area contributed by atoms with E-state index in [1.165, 1.54) is 6.33 Å². The summed E-state index contributed by atoms with van der Waals surface area (Å²) in [7, 11) is 0. The van der Waals surface area contributed by atoms with Crippen LogP contribution in [0.5, 0.6) is 11.5 Å². The first-order valence-corrected chi connectivity index (χ1v) is 8.05. The number of aromatic nitrogens is 2. The molecule has 0 saturated heterocycles. The second-order valence-corrected chi connectivity index (χ2v) is 6.30. The molecule has 0 aliphatic carbocycles. The molecule has 0 radical (unpaired) electrons. The lowest BCUT2D eigenvalue weighted by atomic mass is 10.2. The van der Waals surface area contributed by atoms with Crippen molar-refractivity contribution in [3.8, 4) is 11.5 Å². The predicted molar refractivity (Wildman–Crippen MR) is 89.0 cm³/mol. The minimum atomic E-state index is -0.947. The highest BCUT2D eigenvalue weighted by molar-refractivity contribution is 7.20. The molecule has 7 nitrogen and oxygen atoms in total. The van der Waals surface area contributed by atoms with Crippen LogP contribution in [0.15, 0.2) is 24.5 Å². The zero-order valence-corrected chi connectivity index (χ0v) is 13.5. The van der Waals surface area contributed by atoms with Crippen molar-refractivity contribution in [1.82, 2.24) is 9.97 Å². The smallest absolute Gasteiger partial charge is 0.346 e. The SMILES string of the molecule is Cc1c(C(=O)O)sc2ncnc(NCc3ccc4c(c3)OCO4)c12. The van der Waals surface area contributed by atoms with Crippen molar-refractivity contribution in [3.05, 3.63) is 40.5 Å². The van der Waals surface area contributed by atoms with Gasteiger partial charge < -0.3 is 19.9 Å². The van der Waals surface area contributed by atoms with E-state index < -0.39 is 5.97 Å². The number of hydrogen-bond acceptors (Lipinski definition) is 7. The first-order valence-electron chi connectivity index (χ1n) is 7.23. The van der Waals surface area contributed by atoms with Gasteiger partial charge in [-0.1, -0.05) is 6.07 Å².